The standard InChI is InChI=1S/C10H21N3O2/c1-3-15-9(8-11)4-5-13-7-6-12(2)10(13)14/h9H,3-8,11H2,1-2H3. The van der Waals surface area contributed by atoms with E-state index in [0.717, 1.165) is 26.1 Å². The van der Waals surface area contributed by atoms with Gasteiger partial charge in [0.2, 0.25) is 0 Å². The van der Waals surface area contributed by atoms with Gasteiger partial charge in [0.1, 0.15) is 0 Å². The zero-order chi connectivity index (χ0) is 11.3. The minimum Gasteiger partial charge on any atom is -0.377 e. The molecule has 1 aliphatic heterocycles. The Bertz CT molecular complexity index is 211. The van der Waals surface area contributed by atoms with Crippen LogP contribution in [0, 0.1) is 0 Å². The summed E-state index contributed by atoms with van der Waals surface area (Å²) in [5, 5.41) is 0. The molecule has 88 valence electrons. The summed E-state index contributed by atoms with van der Waals surface area (Å²) >= 11 is 0. The number of ether oxygens (including phenoxy) is 1. The summed E-state index contributed by atoms with van der Waals surface area (Å²) in [5.41, 5.74) is 5.57. The number of likely N-dealkylation sites (N-methyl/N-ethyl adjacent to an activating group) is 1. The number of amides is 2. The van der Waals surface area contributed by atoms with Crippen molar-refractivity contribution in [2.45, 2.75) is 19.4 Å². The zero-order valence-corrected chi connectivity index (χ0v) is 9.61. The van der Waals surface area contributed by atoms with Crippen LogP contribution in [0.1, 0.15) is 13.3 Å². The lowest BCUT2D eigenvalue weighted by atomic mass is 10.2. The molecule has 1 saturated heterocycles. The first-order valence-corrected chi connectivity index (χ1v) is 5.50. The highest BCUT2D eigenvalue weighted by molar-refractivity contribution is 5.76. The molecular formula is C10H21N3O2. The van der Waals surface area contributed by atoms with Crippen LogP contribution in [0.15, 0.2) is 0 Å². The van der Waals surface area contributed by atoms with Gasteiger partial charge < -0.3 is 20.3 Å². The normalized spacial score (nSPS) is 18.7. The highest BCUT2D eigenvalue weighted by Crippen LogP contribution is 2.08. The van der Waals surface area contributed by atoms with Crippen molar-refractivity contribution in [1.29, 1.82) is 0 Å². The number of carbonyl (C=O) groups is 1. The Labute approximate surface area is 91.2 Å². The quantitative estimate of drug-likeness (QED) is 0.684. The Hall–Kier alpha value is -0.810. The number of hydrogen-bond acceptors (Lipinski definition) is 3. The average Bonchev–Trinajstić information content (AvgIpc) is 2.55. The average molecular weight is 215 g/mol. The van der Waals surface area contributed by atoms with Gasteiger partial charge in [-0.25, -0.2) is 4.79 Å². The molecule has 1 heterocycles. The summed E-state index contributed by atoms with van der Waals surface area (Å²) in [6, 6.07) is 0.113. The van der Waals surface area contributed by atoms with Crippen molar-refractivity contribution in [1.82, 2.24) is 9.80 Å². The third kappa shape index (κ3) is 3.35. The van der Waals surface area contributed by atoms with Crippen molar-refractivity contribution < 1.29 is 9.53 Å². The Morgan fingerprint density at radius 2 is 2.27 bits per heavy atom. The molecule has 0 aromatic heterocycles. The minimum atomic E-state index is 0.0775. The number of urea groups is 1. The fourth-order valence-electron chi connectivity index (χ4n) is 1.72. The Morgan fingerprint density at radius 3 is 2.73 bits per heavy atom. The molecule has 1 rings (SSSR count). The molecule has 0 aromatic rings. The molecule has 0 aromatic carbocycles. The maximum Gasteiger partial charge on any atom is 0.319 e. The van der Waals surface area contributed by atoms with E-state index in [0.29, 0.717) is 13.2 Å². The van der Waals surface area contributed by atoms with Crippen molar-refractivity contribution in [3.63, 3.8) is 0 Å². The fraction of sp³-hybridized carbons (Fsp3) is 0.900. The van der Waals surface area contributed by atoms with Crippen LogP contribution in [0.2, 0.25) is 0 Å². The monoisotopic (exact) mass is 215 g/mol. The Morgan fingerprint density at radius 1 is 1.53 bits per heavy atom. The summed E-state index contributed by atoms with van der Waals surface area (Å²) in [4.78, 5) is 15.1. The van der Waals surface area contributed by atoms with Crippen LogP contribution in [0.25, 0.3) is 0 Å². The van der Waals surface area contributed by atoms with E-state index in [2.05, 4.69) is 0 Å². The van der Waals surface area contributed by atoms with Crippen molar-refractivity contribution in [3.8, 4) is 0 Å². The Balaban J connectivity index is 2.27. The second kappa shape index (κ2) is 5.92. The molecule has 5 heteroatoms. The van der Waals surface area contributed by atoms with Gasteiger partial charge in [0, 0.05) is 39.8 Å². The molecular weight excluding hydrogens is 194 g/mol. The van der Waals surface area contributed by atoms with Gasteiger partial charge in [-0.1, -0.05) is 0 Å². The second-order valence-electron chi connectivity index (χ2n) is 3.79. The Kier molecular flexibility index (Phi) is 4.84. The lowest BCUT2D eigenvalue weighted by Crippen LogP contribution is -2.34. The number of rotatable bonds is 6. The zero-order valence-electron chi connectivity index (χ0n) is 9.61. The van der Waals surface area contributed by atoms with Gasteiger partial charge in [-0.2, -0.15) is 0 Å². The largest absolute Gasteiger partial charge is 0.377 e. The van der Waals surface area contributed by atoms with E-state index < -0.39 is 0 Å². The molecule has 15 heavy (non-hydrogen) atoms. The van der Waals surface area contributed by atoms with Crippen LogP contribution >= 0.6 is 0 Å². The van der Waals surface area contributed by atoms with E-state index in [1.54, 1.807) is 4.90 Å². The van der Waals surface area contributed by atoms with Gasteiger partial charge in [-0.3, -0.25) is 0 Å². The van der Waals surface area contributed by atoms with E-state index >= 15 is 0 Å². The number of nitrogens with zero attached hydrogens (tertiary/aromatic N) is 2. The number of nitrogens with two attached hydrogens (primary N) is 1. The van der Waals surface area contributed by atoms with Crippen LogP contribution in [0.3, 0.4) is 0 Å². The maximum absolute atomic E-state index is 11.5. The molecule has 1 fully saturated rings. The molecule has 1 atom stereocenters. The van der Waals surface area contributed by atoms with Gasteiger partial charge in [-0.05, 0) is 13.3 Å². The predicted molar refractivity (Wildman–Crippen MR) is 58.7 cm³/mol. The molecule has 0 saturated carbocycles. The van der Waals surface area contributed by atoms with Gasteiger partial charge in [0.15, 0.2) is 0 Å². The summed E-state index contributed by atoms with van der Waals surface area (Å²) in [6.45, 7) is 5.53. The van der Waals surface area contributed by atoms with Crippen molar-refractivity contribution >= 4 is 6.03 Å². The first-order valence-electron chi connectivity index (χ1n) is 5.50. The van der Waals surface area contributed by atoms with Crippen molar-refractivity contribution in [2.24, 2.45) is 5.73 Å². The highest BCUT2D eigenvalue weighted by Gasteiger charge is 2.25. The summed E-state index contributed by atoms with van der Waals surface area (Å²) in [7, 11) is 1.82. The molecule has 0 radical (unpaired) electrons. The van der Waals surface area contributed by atoms with Crippen LogP contribution in [-0.4, -0.2) is 61.8 Å². The van der Waals surface area contributed by atoms with Crippen LogP contribution in [-0.2, 0) is 4.74 Å². The highest BCUT2D eigenvalue weighted by atomic mass is 16.5. The lowest BCUT2D eigenvalue weighted by Gasteiger charge is -2.20. The molecule has 2 amide bonds. The van der Waals surface area contributed by atoms with E-state index in [9.17, 15) is 4.79 Å². The first kappa shape index (κ1) is 12.3. The van der Waals surface area contributed by atoms with Gasteiger partial charge >= 0.3 is 6.03 Å². The lowest BCUT2D eigenvalue weighted by molar-refractivity contribution is 0.0580. The van der Waals surface area contributed by atoms with E-state index in [1.165, 1.54) is 0 Å². The molecule has 2 N–H and O–H groups in total. The molecule has 5 nitrogen and oxygen atoms in total. The third-order valence-electron chi connectivity index (χ3n) is 2.69. The number of carbonyl (C=O) groups excluding carboxylic acids is 1. The molecule has 1 aliphatic rings. The third-order valence-corrected chi connectivity index (χ3v) is 2.69. The summed E-state index contributed by atoms with van der Waals surface area (Å²) in [5.74, 6) is 0. The SMILES string of the molecule is CCOC(CN)CCN1CCN(C)C1=O. The van der Waals surface area contributed by atoms with E-state index in [4.69, 9.17) is 10.5 Å². The number of hydrogen-bond donors (Lipinski definition) is 1. The van der Waals surface area contributed by atoms with Gasteiger partial charge in [0.25, 0.3) is 0 Å². The summed E-state index contributed by atoms with van der Waals surface area (Å²) in [6.07, 6.45) is 0.901. The maximum atomic E-state index is 11.5. The molecule has 1 unspecified atom stereocenters. The fourth-order valence-corrected chi connectivity index (χ4v) is 1.72. The minimum absolute atomic E-state index is 0.0775. The topological polar surface area (TPSA) is 58.8 Å². The van der Waals surface area contributed by atoms with Crippen molar-refractivity contribution in [3.05, 3.63) is 0 Å². The molecule has 0 spiro atoms. The van der Waals surface area contributed by atoms with Gasteiger partial charge in [-0.15, -0.1) is 0 Å². The van der Waals surface area contributed by atoms with Crippen LogP contribution in [0.4, 0.5) is 4.79 Å². The van der Waals surface area contributed by atoms with E-state index in [1.807, 2.05) is 18.9 Å². The summed E-state index contributed by atoms with van der Waals surface area (Å²) < 4.78 is 5.44. The smallest absolute Gasteiger partial charge is 0.319 e. The first-order chi connectivity index (χ1) is 7.19. The van der Waals surface area contributed by atoms with Gasteiger partial charge in [0.05, 0.1) is 6.10 Å². The predicted octanol–water partition coefficient (Wildman–Crippen LogP) is 0.108. The van der Waals surface area contributed by atoms with E-state index in [-0.39, 0.29) is 12.1 Å². The molecule has 0 bridgehead atoms. The van der Waals surface area contributed by atoms with Crippen molar-refractivity contribution in [2.75, 3.05) is 39.8 Å². The van der Waals surface area contributed by atoms with Crippen LogP contribution in [0.5, 0.6) is 0 Å². The second-order valence-corrected chi connectivity index (χ2v) is 3.79. The van der Waals surface area contributed by atoms with Crippen LogP contribution < -0.4 is 5.73 Å². The molecule has 0 aliphatic carbocycles.